The monoisotopic (exact) mass is 316 g/mol. The fourth-order valence-corrected chi connectivity index (χ4v) is 3.33. The first-order chi connectivity index (χ1) is 11.2. The molecule has 122 valence electrons. The van der Waals surface area contributed by atoms with Gasteiger partial charge in [0.1, 0.15) is 5.76 Å². The molecule has 2 aliphatic rings. The molecule has 0 N–H and O–H groups in total. The maximum Gasteiger partial charge on any atom is 0.257 e. The van der Waals surface area contributed by atoms with E-state index in [1.54, 1.807) is 24.1 Å². The number of carbonyl (C=O) groups is 1. The van der Waals surface area contributed by atoms with Gasteiger partial charge in [-0.2, -0.15) is 0 Å². The highest BCUT2D eigenvalue weighted by Gasteiger charge is 2.40. The van der Waals surface area contributed by atoms with Crippen molar-refractivity contribution in [3.8, 4) is 0 Å². The lowest BCUT2D eigenvalue weighted by molar-refractivity contribution is 0.0712. The molecule has 2 fully saturated rings. The van der Waals surface area contributed by atoms with Gasteiger partial charge in [0.2, 0.25) is 0 Å². The second-order valence-electron chi connectivity index (χ2n) is 6.38. The normalized spacial score (nSPS) is 24.3. The van der Waals surface area contributed by atoms with E-state index in [0.29, 0.717) is 24.6 Å². The summed E-state index contributed by atoms with van der Waals surface area (Å²) in [7, 11) is 3.51. The summed E-state index contributed by atoms with van der Waals surface area (Å²) >= 11 is 0. The summed E-state index contributed by atoms with van der Waals surface area (Å²) in [5.41, 5.74) is 1.56. The summed E-state index contributed by atoms with van der Waals surface area (Å²) < 4.78 is 12.8. The fourth-order valence-electron chi connectivity index (χ4n) is 3.33. The SMILES string of the molecule is CO[C@@H]1CN(C(=O)c2ccoc2C2CC2)C[C@H]1c1cn(C)nn1. The summed E-state index contributed by atoms with van der Waals surface area (Å²) in [6.07, 6.45) is 5.66. The molecule has 7 heteroatoms. The minimum absolute atomic E-state index is 0.0223. The van der Waals surface area contributed by atoms with E-state index >= 15 is 0 Å². The van der Waals surface area contributed by atoms with Gasteiger partial charge >= 0.3 is 0 Å². The van der Waals surface area contributed by atoms with E-state index in [2.05, 4.69) is 10.3 Å². The summed E-state index contributed by atoms with van der Waals surface area (Å²) in [4.78, 5) is 14.7. The standard InChI is InChI=1S/C16H20N4O3/c1-19-8-13(17-18-19)12-7-20(9-14(12)22-2)16(21)11-5-6-23-15(11)10-3-4-10/h5-6,8,10,12,14H,3-4,7,9H2,1-2H3/t12-,14+/m0/s1. The molecule has 0 aromatic carbocycles. The van der Waals surface area contributed by atoms with E-state index in [1.807, 2.05) is 18.1 Å². The zero-order chi connectivity index (χ0) is 16.0. The van der Waals surface area contributed by atoms with Crippen molar-refractivity contribution >= 4 is 5.91 Å². The molecule has 2 aromatic heterocycles. The van der Waals surface area contributed by atoms with Crippen molar-refractivity contribution in [2.45, 2.75) is 30.8 Å². The van der Waals surface area contributed by atoms with Gasteiger partial charge in [0, 0.05) is 39.4 Å². The Balaban J connectivity index is 1.55. The van der Waals surface area contributed by atoms with Crippen molar-refractivity contribution < 1.29 is 13.9 Å². The van der Waals surface area contributed by atoms with Crippen LogP contribution in [0.1, 0.15) is 46.5 Å². The maximum absolute atomic E-state index is 12.9. The third-order valence-electron chi connectivity index (χ3n) is 4.73. The summed E-state index contributed by atoms with van der Waals surface area (Å²) in [5.74, 6) is 1.33. The Labute approximate surface area is 134 Å². The molecule has 4 rings (SSSR count). The highest BCUT2D eigenvalue weighted by atomic mass is 16.5. The predicted molar refractivity (Wildman–Crippen MR) is 81.1 cm³/mol. The van der Waals surface area contributed by atoms with Crippen molar-refractivity contribution in [3.63, 3.8) is 0 Å². The van der Waals surface area contributed by atoms with Crippen LogP contribution in [0.15, 0.2) is 22.9 Å². The van der Waals surface area contributed by atoms with Crippen LogP contribution in [0.3, 0.4) is 0 Å². The molecule has 2 atom stereocenters. The summed E-state index contributed by atoms with van der Waals surface area (Å²) in [6, 6.07) is 1.79. The number of likely N-dealkylation sites (tertiary alicyclic amines) is 1. The number of furan rings is 1. The van der Waals surface area contributed by atoms with Crippen molar-refractivity contribution in [1.82, 2.24) is 19.9 Å². The topological polar surface area (TPSA) is 73.4 Å². The molecular weight excluding hydrogens is 296 g/mol. The molecule has 3 heterocycles. The average Bonchev–Trinajstić information content (AvgIpc) is 2.99. The Bertz CT molecular complexity index is 718. The predicted octanol–water partition coefficient (Wildman–Crippen LogP) is 1.54. The fraction of sp³-hybridized carbons (Fsp3) is 0.562. The Morgan fingerprint density at radius 3 is 2.87 bits per heavy atom. The van der Waals surface area contributed by atoms with Gasteiger partial charge in [-0.15, -0.1) is 5.10 Å². The molecule has 2 aromatic rings. The molecule has 0 unspecified atom stereocenters. The largest absolute Gasteiger partial charge is 0.468 e. The Kier molecular flexibility index (Phi) is 3.45. The van der Waals surface area contributed by atoms with Gasteiger partial charge in [0.25, 0.3) is 5.91 Å². The van der Waals surface area contributed by atoms with Gasteiger partial charge in [0.05, 0.1) is 29.5 Å². The second-order valence-corrected chi connectivity index (χ2v) is 6.38. The summed E-state index contributed by atoms with van der Waals surface area (Å²) in [5, 5.41) is 8.17. The van der Waals surface area contributed by atoms with Crippen LogP contribution >= 0.6 is 0 Å². The van der Waals surface area contributed by atoms with E-state index in [0.717, 1.165) is 24.3 Å². The maximum atomic E-state index is 12.9. The van der Waals surface area contributed by atoms with Gasteiger partial charge in [-0.25, -0.2) is 0 Å². The number of methoxy groups -OCH3 is 1. The first kappa shape index (κ1) is 14.4. The van der Waals surface area contributed by atoms with Crippen molar-refractivity contribution in [3.05, 3.63) is 35.5 Å². The lowest BCUT2D eigenvalue weighted by Crippen LogP contribution is -2.30. The zero-order valence-electron chi connectivity index (χ0n) is 13.3. The molecule has 1 aliphatic heterocycles. The van der Waals surface area contributed by atoms with Gasteiger partial charge in [-0.3, -0.25) is 9.48 Å². The van der Waals surface area contributed by atoms with Crippen LogP contribution in [0.2, 0.25) is 0 Å². The third-order valence-corrected chi connectivity index (χ3v) is 4.73. The number of aromatic nitrogens is 3. The molecule has 0 radical (unpaired) electrons. The number of aryl methyl sites for hydroxylation is 1. The minimum atomic E-state index is -0.0630. The highest BCUT2D eigenvalue weighted by molar-refractivity contribution is 5.95. The van der Waals surface area contributed by atoms with Crippen LogP contribution in [0.4, 0.5) is 0 Å². The molecule has 0 bridgehead atoms. The second kappa shape index (κ2) is 5.49. The Hall–Kier alpha value is -2.15. The smallest absolute Gasteiger partial charge is 0.257 e. The lowest BCUT2D eigenvalue weighted by Gasteiger charge is -2.15. The van der Waals surface area contributed by atoms with Crippen LogP contribution in [-0.4, -0.2) is 52.1 Å². The quantitative estimate of drug-likeness (QED) is 0.855. The number of rotatable bonds is 4. The molecule has 1 amide bonds. The number of hydrogen-bond acceptors (Lipinski definition) is 5. The van der Waals surface area contributed by atoms with Crippen molar-refractivity contribution in [1.29, 1.82) is 0 Å². The average molecular weight is 316 g/mol. The molecule has 23 heavy (non-hydrogen) atoms. The van der Waals surface area contributed by atoms with Gasteiger partial charge in [-0.05, 0) is 18.9 Å². The van der Waals surface area contributed by atoms with E-state index < -0.39 is 0 Å². The number of amides is 1. The molecule has 7 nitrogen and oxygen atoms in total. The van der Waals surface area contributed by atoms with Crippen LogP contribution in [-0.2, 0) is 11.8 Å². The third kappa shape index (κ3) is 2.55. The van der Waals surface area contributed by atoms with Crippen LogP contribution in [0.5, 0.6) is 0 Å². The number of ether oxygens (including phenoxy) is 1. The minimum Gasteiger partial charge on any atom is -0.468 e. The van der Waals surface area contributed by atoms with Crippen molar-refractivity contribution in [2.24, 2.45) is 7.05 Å². The molecule has 1 aliphatic carbocycles. The molecule has 0 spiro atoms. The van der Waals surface area contributed by atoms with Crippen molar-refractivity contribution in [2.75, 3.05) is 20.2 Å². The van der Waals surface area contributed by atoms with Crippen LogP contribution < -0.4 is 0 Å². The van der Waals surface area contributed by atoms with E-state index in [9.17, 15) is 4.79 Å². The first-order valence-electron chi connectivity index (χ1n) is 7.93. The highest BCUT2D eigenvalue weighted by Crippen LogP contribution is 2.42. The van der Waals surface area contributed by atoms with Gasteiger partial charge in [-0.1, -0.05) is 5.21 Å². The zero-order valence-corrected chi connectivity index (χ0v) is 13.3. The van der Waals surface area contributed by atoms with Gasteiger partial charge in [0.15, 0.2) is 0 Å². The molecule has 1 saturated heterocycles. The number of carbonyl (C=O) groups excluding carboxylic acids is 1. The Morgan fingerprint density at radius 2 is 2.22 bits per heavy atom. The molecular formula is C16H20N4O3. The van der Waals surface area contributed by atoms with Crippen LogP contribution in [0.25, 0.3) is 0 Å². The van der Waals surface area contributed by atoms with E-state index in [-0.39, 0.29) is 17.9 Å². The Morgan fingerprint density at radius 1 is 1.39 bits per heavy atom. The first-order valence-corrected chi connectivity index (χ1v) is 7.93. The van der Waals surface area contributed by atoms with E-state index in [4.69, 9.17) is 9.15 Å². The number of nitrogens with zero attached hydrogens (tertiary/aromatic N) is 4. The molecule has 1 saturated carbocycles. The van der Waals surface area contributed by atoms with Gasteiger partial charge < -0.3 is 14.1 Å². The summed E-state index contributed by atoms with van der Waals surface area (Å²) in [6.45, 7) is 1.15. The van der Waals surface area contributed by atoms with E-state index in [1.165, 1.54) is 0 Å². The lowest BCUT2D eigenvalue weighted by atomic mass is 10.0. The van der Waals surface area contributed by atoms with Crippen LogP contribution in [0, 0.1) is 0 Å². The number of hydrogen-bond donors (Lipinski definition) is 0.